The summed E-state index contributed by atoms with van der Waals surface area (Å²) in [6, 6.07) is 13.4. The summed E-state index contributed by atoms with van der Waals surface area (Å²) in [5, 5.41) is 0. The molecule has 0 saturated carbocycles. The molecule has 0 unspecified atom stereocenters. The van der Waals surface area contributed by atoms with Crippen LogP contribution in [-0.2, 0) is 83.4 Å². The number of carbonyl (C=O) groups excluding carboxylic acids is 3. The quantitative estimate of drug-likeness (QED) is 0.130. The Hall–Kier alpha value is -4.53. The van der Waals surface area contributed by atoms with Crippen LogP contribution in [0.4, 0.5) is 0 Å². The summed E-state index contributed by atoms with van der Waals surface area (Å²) in [6.45, 7) is 25.6. The first-order valence-electron chi connectivity index (χ1n) is 22.1. The number of esters is 3. The van der Waals surface area contributed by atoms with Crippen LogP contribution < -0.4 is 14.2 Å². The fourth-order valence-corrected chi connectivity index (χ4v) is 7.64. The topological polar surface area (TPSA) is 107 Å². The molecular formula is C51H72O9. The Morgan fingerprint density at radius 1 is 0.400 bits per heavy atom. The third-order valence-corrected chi connectivity index (χ3v) is 10.9. The van der Waals surface area contributed by atoms with Crippen LogP contribution in [0.2, 0.25) is 0 Å². The average molecular weight is 829 g/mol. The molecule has 0 aliphatic heterocycles. The van der Waals surface area contributed by atoms with Crippen LogP contribution in [0.15, 0.2) is 36.4 Å². The minimum absolute atomic E-state index is 0.145. The summed E-state index contributed by atoms with van der Waals surface area (Å²) in [5.74, 6) is 0.949. The van der Waals surface area contributed by atoms with E-state index in [4.69, 9.17) is 28.4 Å². The third-order valence-electron chi connectivity index (χ3n) is 10.9. The van der Waals surface area contributed by atoms with Gasteiger partial charge in [-0.15, -0.1) is 0 Å². The number of rotatable bonds is 12. The van der Waals surface area contributed by atoms with E-state index in [1.54, 1.807) is 20.8 Å². The van der Waals surface area contributed by atoms with Gasteiger partial charge in [0.2, 0.25) is 0 Å². The second-order valence-corrected chi connectivity index (χ2v) is 19.0. The Labute approximate surface area is 360 Å². The molecule has 0 saturated heterocycles. The van der Waals surface area contributed by atoms with Crippen molar-refractivity contribution in [3.05, 3.63) is 86.5 Å². The molecule has 4 rings (SSSR count). The van der Waals surface area contributed by atoms with Gasteiger partial charge in [-0.3, -0.25) is 0 Å². The van der Waals surface area contributed by atoms with Crippen molar-refractivity contribution < 1.29 is 42.8 Å². The van der Waals surface area contributed by atoms with Crippen LogP contribution in [0.1, 0.15) is 152 Å². The number of fused-ring (bicyclic) bond motifs is 6. The van der Waals surface area contributed by atoms with Gasteiger partial charge in [-0.05, 0) is 145 Å². The van der Waals surface area contributed by atoms with Crippen LogP contribution in [0.3, 0.4) is 0 Å². The summed E-state index contributed by atoms with van der Waals surface area (Å²) in [7, 11) is 0. The average Bonchev–Trinajstić information content (AvgIpc) is 3.15. The molecule has 0 aromatic heterocycles. The number of hydrogen-bond acceptors (Lipinski definition) is 9. The minimum Gasteiger partial charge on any atom is -0.481 e. The second-order valence-electron chi connectivity index (χ2n) is 19.0. The largest absolute Gasteiger partial charge is 0.481 e. The van der Waals surface area contributed by atoms with Gasteiger partial charge in [0, 0.05) is 0 Å². The lowest BCUT2D eigenvalue weighted by atomic mass is 9.81. The van der Waals surface area contributed by atoms with Crippen molar-refractivity contribution in [1.29, 1.82) is 0 Å². The molecule has 0 fully saturated rings. The Morgan fingerprint density at radius 2 is 0.600 bits per heavy atom. The highest BCUT2D eigenvalue weighted by molar-refractivity contribution is 5.72. The van der Waals surface area contributed by atoms with Gasteiger partial charge in [0.1, 0.15) is 17.2 Å². The molecule has 9 nitrogen and oxygen atoms in total. The first-order chi connectivity index (χ1) is 28.2. The number of ether oxygens (including phenoxy) is 6. The van der Waals surface area contributed by atoms with E-state index < -0.39 is 17.9 Å². The Kier molecular flexibility index (Phi) is 17.1. The third kappa shape index (κ3) is 13.8. The Bertz CT molecular complexity index is 1640. The summed E-state index contributed by atoms with van der Waals surface area (Å²) >= 11 is 0. The highest BCUT2D eigenvalue weighted by Gasteiger charge is 2.26. The van der Waals surface area contributed by atoms with E-state index in [9.17, 15) is 14.4 Å². The first-order valence-corrected chi connectivity index (χ1v) is 22.1. The SMILES string of the molecule is CCOC(=O)COc1c2cc(C(C)(C)C)cc1CCCc1cc(C(C)(C)C)cc(c1OCC(=O)OCC)CCCc1cc(C(C)(C)C)cc(c1OCC(=O)OCC)CCC2. The van der Waals surface area contributed by atoms with Crippen molar-refractivity contribution >= 4 is 17.9 Å². The zero-order chi connectivity index (χ0) is 44.3. The van der Waals surface area contributed by atoms with Gasteiger partial charge < -0.3 is 28.4 Å². The maximum atomic E-state index is 12.7. The molecule has 0 heterocycles. The molecule has 0 amide bonds. The zero-order valence-electron chi connectivity index (χ0n) is 38.7. The minimum atomic E-state index is -0.409. The van der Waals surface area contributed by atoms with Crippen LogP contribution in [0.25, 0.3) is 0 Å². The van der Waals surface area contributed by atoms with E-state index in [0.717, 1.165) is 69.9 Å². The first kappa shape index (κ1) is 48.1. The monoisotopic (exact) mass is 829 g/mol. The Balaban J connectivity index is 1.98. The van der Waals surface area contributed by atoms with Gasteiger partial charge in [0.25, 0.3) is 0 Å². The molecule has 330 valence electrons. The molecule has 3 aromatic rings. The molecule has 0 N–H and O–H groups in total. The van der Waals surface area contributed by atoms with Crippen molar-refractivity contribution in [3.8, 4) is 17.2 Å². The smallest absolute Gasteiger partial charge is 0.344 e. The molecule has 9 heteroatoms. The van der Waals surface area contributed by atoms with Gasteiger partial charge in [-0.1, -0.05) is 98.7 Å². The van der Waals surface area contributed by atoms with E-state index >= 15 is 0 Å². The Morgan fingerprint density at radius 3 is 0.767 bits per heavy atom. The molecule has 6 bridgehead atoms. The van der Waals surface area contributed by atoms with E-state index in [2.05, 4.69) is 98.7 Å². The summed E-state index contributed by atoms with van der Waals surface area (Å²) in [6.07, 6.45) is 6.55. The van der Waals surface area contributed by atoms with Gasteiger partial charge in [-0.2, -0.15) is 0 Å². The molecular weight excluding hydrogens is 757 g/mol. The maximum Gasteiger partial charge on any atom is 0.344 e. The van der Waals surface area contributed by atoms with Crippen molar-refractivity contribution in [1.82, 2.24) is 0 Å². The second kappa shape index (κ2) is 21.3. The number of hydrogen-bond donors (Lipinski definition) is 0. The molecule has 1 aliphatic rings. The van der Waals surface area contributed by atoms with Gasteiger partial charge in [0.05, 0.1) is 19.8 Å². The van der Waals surface area contributed by atoms with Crippen molar-refractivity contribution in [2.45, 2.75) is 157 Å². The predicted octanol–water partition coefficient (Wildman–Crippen LogP) is 10.2. The molecule has 0 radical (unpaired) electrons. The van der Waals surface area contributed by atoms with Gasteiger partial charge in [0.15, 0.2) is 19.8 Å². The lowest BCUT2D eigenvalue weighted by molar-refractivity contribution is -0.146. The molecule has 1 aliphatic carbocycles. The molecule has 3 aromatic carbocycles. The molecule has 0 atom stereocenters. The zero-order valence-corrected chi connectivity index (χ0v) is 38.7. The normalized spacial score (nSPS) is 14.0. The molecule has 0 spiro atoms. The van der Waals surface area contributed by atoms with Crippen LogP contribution in [0.5, 0.6) is 17.2 Å². The van der Waals surface area contributed by atoms with Crippen molar-refractivity contribution in [2.24, 2.45) is 0 Å². The number of benzene rings is 3. The predicted molar refractivity (Wildman–Crippen MR) is 238 cm³/mol. The van der Waals surface area contributed by atoms with Gasteiger partial charge in [-0.25, -0.2) is 14.4 Å². The number of carbonyl (C=O) groups is 3. The highest BCUT2D eigenvalue weighted by atomic mass is 16.6. The molecule has 60 heavy (non-hydrogen) atoms. The van der Waals surface area contributed by atoms with Crippen LogP contribution in [-0.4, -0.2) is 57.5 Å². The van der Waals surface area contributed by atoms with E-state index in [0.29, 0.717) is 38.5 Å². The van der Waals surface area contributed by atoms with E-state index in [-0.39, 0.29) is 55.9 Å². The highest BCUT2D eigenvalue weighted by Crippen LogP contribution is 2.39. The summed E-state index contributed by atoms with van der Waals surface area (Å²) < 4.78 is 35.2. The van der Waals surface area contributed by atoms with Crippen LogP contribution >= 0.6 is 0 Å². The summed E-state index contributed by atoms with van der Waals surface area (Å²) in [4.78, 5) is 38.2. The van der Waals surface area contributed by atoms with Gasteiger partial charge >= 0.3 is 17.9 Å². The van der Waals surface area contributed by atoms with E-state index in [1.165, 1.54) is 16.7 Å². The standard InChI is InChI=1S/C51H72O9/c1-13-55-43(52)31-58-46-34-19-16-21-36-27-41(50(7,8)9)29-38(47(36)59-32-44(53)56-14-2)23-18-24-39-30-42(51(10,11)12)28-37(48(39)60-33-45(54)57-15-3)22-17-20-35(46)26-40(25-34)49(4,5)6/h25-30H,13-24,31-33H2,1-12H3. The lowest BCUT2D eigenvalue weighted by Crippen LogP contribution is -2.19. The maximum absolute atomic E-state index is 12.7. The van der Waals surface area contributed by atoms with Crippen LogP contribution in [0, 0.1) is 0 Å². The van der Waals surface area contributed by atoms with E-state index in [1.807, 2.05) is 0 Å². The fraction of sp³-hybridized carbons (Fsp3) is 0.588. The van der Waals surface area contributed by atoms with Crippen molar-refractivity contribution in [3.63, 3.8) is 0 Å². The lowest BCUT2D eigenvalue weighted by Gasteiger charge is -2.26. The number of aryl methyl sites for hydroxylation is 6. The van der Waals surface area contributed by atoms with Crippen molar-refractivity contribution in [2.75, 3.05) is 39.6 Å². The fourth-order valence-electron chi connectivity index (χ4n) is 7.64. The summed E-state index contributed by atoms with van der Waals surface area (Å²) in [5.41, 5.74) is 9.39.